The molecule has 2 heterocycles. The van der Waals surface area contributed by atoms with Crippen molar-refractivity contribution in [2.24, 2.45) is 0 Å². The van der Waals surface area contributed by atoms with Gasteiger partial charge in [0.2, 0.25) is 0 Å². The Morgan fingerprint density at radius 2 is 2.00 bits per heavy atom. The van der Waals surface area contributed by atoms with Gasteiger partial charge in [-0.15, -0.1) is 11.3 Å². The number of aromatic nitrogens is 2. The van der Waals surface area contributed by atoms with E-state index in [1.165, 1.54) is 11.3 Å². The monoisotopic (exact) mass is 331 g/mol. The zero-order valence-corrected chi connectivity index (χ0v) is 13.3. The Hall–Kier alpha value is -2.11. The molecule has 0 saturated heterocycles. The predicted molar refractivity (Wildman–Crippen MR) is 89.5 cm³/mol. The molecule has 2 aromatic heterocycles. The van der Waals surface area contributed by atoms with E-state index in [1.807, 2.05) is 36.4 Å². The van der Waals surface area contributed by atoms with Crippen molar-refractivity contribution in [3.63, 3.8) is 0 Å². The van der Waals surface area contributed by atoms with E-state index >= 15 is 0 Å². The van der Waals surface area contributed by atoms with Crippen LogP contribution in [0.5, 0.6) is 5.75 Å². The summed E-state index contributed by atoms with van der Waals surface area (Å²) in [6.07, 6.45) is 5.34. The number of thiazole rings is 1. The number of nitrogens with zero attached hydrogens (tertiary/aromatic N) is 2. The molecule has 0 spiro atoms. The summed E-state index contributed by atoms with van der Waals surface area (Å²) in [6, 6.07) is 11.7. The lowest BCUT2D eigenvalue weighted by atomic mass is 10.3. The minimum atomic E-state index is 0.514. The summed E-state index contributed by atoms with van der Waals surface area (Å²) in [6.45, 7) is 1.22. The van der Waals surface area contributed by atoms with Crippen molar-refractivity contribution in [3.8, 4) is 5.75 Å². The third-order valence-electron chi connectivity index (χ3n) is 2.97. The normalized spacial score (nSPS) is 10.4. The molecule has 4 nitrogen and oxygen atoms in total. The molecule has 0 aliphatic carbocycles. The van der Waals surface area contributed by atoms with Gasteiger partial charge in [0.15, 0.2) is 4.47 Å². The molecule has 0 atom stereocenters. The Labute approximate surface area is 137 Å². The summed E-state index contributed by atoms with van der Waals surface area (Å²) in [5.74, 6) is 0.829. The lowest BCUT2D eigenvalue weighted by molar-refractivity contribution is 0.306. The molecule has 3 aromatic rings. The van der Waals surface area contributed by atoms with E-state index in [4.69, 9.17) is 16.3 Å². The van der Waals surface area contributed by atoms with Crippen molar-refractivity contribution in [3.05, 3.63) is 69.9 Å². The van der Waals surface area contributed by atoms with Crippen molar-refractivity contribution in [2.75, 3.05) is 5.32 Å². The number of anilines is 1. The number of nitrogens with one attached hydrogen (secondary N) is 1. The van der Waals surface area contributed by atoms with Crippen LogP contribution in [0.15, 0.2) is 55.0 Å². The SMILES string of the molecule is Clc1ncc(CNc2ccc(OCc3cccnc3)cc2)s1. The van der Waals surface area contributed by atoms with Crippen LogP contribution in [0.25, 0.3) is 0 Å². The van der Waals surface area contributed by atoms with Gasteiger partial charge in [0, 0.05) is 34.7 Å². The fourth-order valence-corrected chi connectivity index (χ4v) is 2.79. The van der Waals surface area contributed by atoms with Gasteiger partial charge in [-0.05, 0) is 30.3 Å². The minimum absolute atomic E-state index is 0.514. The van der Waals surface area contributed by atoms with E-state index in [-0.39, 0.29) is 0 Å². The summed E-state index contributed by atoms with van der Waals surface area (Å²) < 4.78 is 6.29. The summed E-state index contributed by atoms with van der Waals surface area (Å²) in [7, 11) is 0. The fourth-order valence-electron chi connectivity index (χ4n) is 1.87. The van der Waals surface area contributed by atoms with E-state index in [9.17, 15) is 0 Å². The second kappa shape index (κ2) is 7.24. The highest BCUT2D eigenvalue weighted by atomic mass is 35.5. The standard InChI is InChI=1S/C16H14ClN3OS/c17-16-20-10-15(22-16)9-19-13-3-5-14(6-4-13)21-11-12-2-1-7-18-8-12/h1-8,10,19H,9,11H2. The van der Waals surface area contributed by atoms with Gasteiger partial charge in [-0.25, -0.2) is 4.98 Å². The minimum Gasteiger partial charge on any atom is -0.489 e. The number of pyridine rings is 1. The summed E-state index contributed by atoms with van der Waals surface area (Å²) in [5.41, 5.74) is 2.07. The molecule has 112 valence electrons. The van der Waals surface area contributed by atoms with E-state index < -0.39 is 0 Å². The van der Waals surface area contributed by atoms with Crippen LogP contribution in [0, 0.1) is 0 Å². The van der Waals surface area contributed by atoms with Gasteiger partial charge in [-0.1, -0.05) is 17.7 Å². The largest absolute Gasteiger partial charge is 0.489 e. The second-order valence-electron chi connectivity index (χ2n) is 4.61. The van der Waals surface area contributed by atoms with Gasteiger partial charge in [-0.2, -0.15) is 0 Å². The molecule has 0 aliphatic heterocycles. The maximum absolute atomic E-state index is 5.81. The molecule has 0 unspecified atom stereocenters. The zero-order valence-electron chi connectivity index (χ0n) is 11.7. The van der Waals surface area contributed by atoms with Gasteiger partial charge in [0.25, 0.3) is 0 Å². The van der Waals surface area contributed by atoms with Crippen LogP contribution < -0.4 is 10.1 Å². The fraction of sp³-hybridized carbons (Fsp3) is 0.125. The van der Waals surface area contributed by atoms with E-state index in [1.54, 1.807) is 18.6 Å². The average molecular weight is 332 g/mol. The Morgan fingerprint density at radius 3 is 2.68 bits per heavy atom. The first kappa shape index (κ1) is 14.8. The van der Waals surface area contributed by atoms with E-state index in [0.717, 1.165) is 21.9 Å². The van der Waals surface area contributed by atoms with Crippen molar-refractivity contribution in [1.82, 2.24) is 9.97 Å². The highest BCUT2D eigenvalue weighted by molar-refractivity contribution is 7.15. The summed E-state index contributed by atoms with van der Waals surface area (Å²) >= 11 is 7.28. The number of hydrogen-bond donors (Lipinski definition) is 1. The molecule has 0 bridgehead atoms. The van der Waals surface area contributed by atoms with E-state index in [0.29, 0.717) is 17.6 Å². The van der Waals surface area contributed by atoms with Crippen LogP contribution >= 0.6 is 22.9 Å². The third-order valence-corrected chi connectivity index (χ3v) is 4.09. The number of halogens is 1. The third kappa shape index (κ3) is 4.19. The Kier molecular flexibility index (Phi) is 4.88. The average Bonchev–Trinajstić information content (AvgIpc) is 2.98. The smallest absolute Gasteiger partial charge is 0.183 e. The highest BCUT2D eigenvalue weighted by Gasteiger charge is 2.00. The molecule has 0 radical (unpaired) electrons. The van der Waals surface area contributed by atoms with Crippen LogP contribution in [0.3, 0.4) is 0 Å². The van der Waals surface area contributed by atoms with Crippen molar-refractivity contribution in [2.45, 2.75) is 13.2 Å². The first-order valence-electron chi connectivity index (χ1n) is 6.75. The second-order valence-corrected chi connectivity index (χ2v) is 6.30. The maximum atomic E-state index is 5.81. The summed E-state index contributed by atoms with van der Waals surface area (Å²) in [5, 5.41) is 3.32. The molecular formula is C16H14ClN3OS. The molecular weight excluding hydrogens is 318 g/mol. The number of ether oxygens (including phenoxy) is 1. The first-order chi connectivity index (χ1) is 10.8. The molecule has 6 heteroatoms. The van der Waals surface area contributed by atoms with Gasteiger partial charge in [0.05, 0.1) is 6.54 Å². The van der Waals surface area contributed by atoms with Crippen LogP contribution in [-0.4, -0.2) is 9.97 Å². The topological polar surface area (TPSA) is 47.0 Å². The summed E-state index contributed by atoms with van der Waals surface area (Å²) in [4.78, 5) is 9.18. The molecule has 22 heavy (non-hydrogen) atoms. The molecule has 3 rings (SSSR count). The van der Waals surface area contributed by atoms with Crippen LogP contribution in [0.4, 0.5) is 5.69 Å². The number of hydrogen-bond acceptors (Lipinski definition) is 5. The number of benzene rings is 1. The molecule has 0 amide bonds. The number of rotatable bonds is 6. The van der Waals surface area contributed by atoms with Gasteiger partial charge >= 0.3 is 0 Å². The molecule has 0 fully saturated rings. The predicted octanol–water partition coefficient (Wildman–Crippen LogP) is 4.38. The van der Waals surface area contributed by atoms with Gasteiger partial charge < -0.3 is 10.1 Å². The van der Waals surface area contributed by atoms with Crippen molar-refractivity contribution >= 4 is 28.6 Å². The highest BCUT2D eigenvalue weighted by Crippen LogP contribution is 2.21. The molecule has 1 N–H and O–H groups in total. The zero-order chi connectivity index (χ0) is 15.2. The lowest BCUT2D eigenvalue weighted by Gasteiger charge is -2.08. The Bertz CT molecular complexity index is 716. The van der Waals surface area contributed by atoms with Gasteiger partial charge in [0.1, 0.15) is 12.4 Å². The lowest BCUT2D eigenvalue weighted by Crippen LogP contribution is -1.98. The van der Waals surface area contributed by atoms with Gasteiger partial charge in [-0.3, -0.25) is 4.98 Å². The van der Waals surface area contributed by atoms with Crippen molar-refractivity contribution in [1.29, 1.82) is 0 Å². The molecule has 0 aliphatic rings. The van der Waals surface area contributed by atoms with E-state index in [2.05, 4.69) is 15.3 Å². The quantitative estimate of drug-likeness (QED) is 0.728. The van der Waals surface area contributed by atoms with Crippen molar-refractivity contribution < 1.29 is 4.74 Å². The Balaban J connectivity index is 1.51. The van der Waals surface area contributed by atoms with Crippen LogP contribution in [0.2, 0.25) is 4.47 Å². The molecule has 0 saturated carbocycles. The van der Waals surface area contributed by atoms with Crippen LogP contribution in [0.1, 0.15) is 10.4 Å². The maximum Gasteiger partial charge on any atom is 0.183 e. The Morgan fingerprint density at radius 1 is 1.14 bits per heavy atom. The first-order valence-corrected chi connectivity index (χ1v) is 7.95. The molecule has 1 aromatic carbocycles. The van der Waals surface area contributed by atoms with Crippen LogP contribution in [-0.2, 0) is 13.2 Å².